The number of benzene rings is 1. The zero-order valence-corrected chi connectivity index (χ0v) is 22.9. The number of hydrogen-bond donors (Lipinski definition) is 3. The predicted molar refractivity (Wildman–Crippen MR) is 145 cm³/mol. The lowest BCUT2D eigenvalue weighted by molar-refractivity contribution is -0.122. The molecule has 2 amide bonds. The van der Waals surface area contributed by atoms with Gasteiger partial charge in [0.25, 0.3) is 0 Å². The number of hydrogen-bond acceptors (Lipinski definition) is 8. The van der Waals surface area contributed by atoms with Crippen molar-refractivity contribution in [2.75, 3.05) is 23.7 Å². The van der Waals surface area contributed by atoms with Crippen LogP contribution < -0.4 is 16.4 Å². The van der Waals surface area contributed by atoms with Crippen LogP contribution in [-0.4, -0.2) is 61.7 Å². The van der Waals surface area contributed by atoms with Crippen molar-refractivity contribution in [3.05, 3.63) is 35.8 Å². The maximum Gasteiger partial charge on any atom is 0.410 e. The van der Waals surface area contributed by atoms with Crippen molar-refractivity contribution in [3.63, 3.8) is 0 Å². The molecule has 3 heterocycles. The third-order valence-electron chi connectivity index (χ3n) is 7.49. The van der Waals surface area contributed by atoms with Gasteiger partial charge in [-0.1, -0.05) is 0 Å². The summed E-state index contributed by atoms with van der Waals surface area (Å²) in [4.78, 5) is 39.4. The van der Waals surface area contributed by atoms with E-state index in [9.17, 15) is 22.8 Å². The molecule has 4 N–H and O–H groups in total. The van der Waals surface area contributed by atoms with Crippen molar-refractivity contribution >= 4 is 40.7 Å². The summed E-state index contributed by atoms with van der Waals surface area (Å²) in [6.07, 6.45) is 4.68. The minimum Gasteiger partial charge on any atom is -0.447 e. The second kappa shape index (κ2) is 11.8. The molecular weight excluding hydrogens is 541 g/mol. The van der Waals surface area contributed by atoms with Crippen molar-refractivity contribution in [1.82, 2.24) is 24.4 Å². The Morgan fingerprint density at radius 2 is 1.78 bits per heavy atom. The molecular formula is C27H33F3N8O3. The normalized spacial score (nSPS) is 21.2. The average Bonchev–Trinajstić information content (AvgIpc) is 3.27. The summed E-state index contributed by atoms with van der Waals surface area (Å²) in [6.45, 7) is 4.60. The first-order valence-corrected chi connectivity index (χ1v) is 13.8. The zero-order valence-electron chi connectivity index (χ0n) is 22.9. The molecule has 0 spiro atoms. The van der Waals surface area contributed by atoms with Gasteiger partial charge < -0.3 is 26.0 Å². The van der Waals surface area contributed by atoms with Crippen molar-refractivity contribution < 1.29 is 27.5 Å². The molecule has 1 aliphatic heterocycles. The van der Waals surface area contributed by atoms with Crippen LogP contribution in [0.4, 0.5) is 35.5 Å². The Kier molecular flexibility index (Phi) is 8.18. The number of aromatic nitrogens is 4. The van der Waals surface area contributed by atoms with Crippen LogP contribution in [0, 0.1) is 23.4 Å². The zero-order chi connectivity index (χ0) is 29.3. The van der Waals surface area contributed by atoms with E-state index < -0.39 is 23.1 Å². The Morgan fingerprint density at radius 1 is 1.07 bits per heavy atom. The molecule has 2 fully saturated rings. The monoisotopic (exact) mass is 574 g/mol. The van der Waals surface area contributed by atoms with Crippen molar-refractivity contribution in [3.8, 4) is 0 Å². The van der Waals surface area contributed by atoms with Gasteiger partial charge in [-0.05, 0) is 52.4 Å². The molecule has 1 aromatic carbocycles. The summed E-state index contributed by atoms with van der Waals surface area (Å²) in [6, 6.07) is 0.845. The smallest absolute Gasteiger partial charge is 0.410 e. The molecule has 0 bridgehead atoms. The van der Waals surface area contributed by atoms with Gasteiger partial charge in [0.2, 0.25) is 17.8 Å². The number of nitrogens with one attached hydrogen (secondary N) is 2. The van der Waals surface area contributed by atoms with Crippen molar-refractivity contribution in [2.45, 2.75) is 70.6 Å². The molecule has 1 saturated heterocycles. The summed E-state index contributed by atoms with van der Waals surface area (Å²) in [5.74, 6) is -3.45. The van der Waals surface area contributed by atoms with Gasteiger partial charge in [-0.25, -0.2) is 27.9 Å². The van der Waals surface area contributed by atoms with Crippen LogP contribution >= 0.6 is 0 Å². The van der Waals surface area contributed by atoms with Gasteiger partial charge in [-0.2, -0.15) is 4.98 Å². The number of rotatable bonds is 7. The largest absolute Gasteiger partial charge is 0.447 e. The average molecular weight is 575 g/mol. The standard InChI is InChI=1S/C27H33F3N8O3/c1-14(2)41-27(40)37-9-3-4-17(13-37)33-25-32-12-21-24(36-25)38(18-7-5-15(6-8-18)23(31)39)26(34-21)35-22-19(29)10-16(28)11-20(22)30/h10-12,14-15,17-18H,3-9,13H2,1-2H3,(H2,31,39)(H,34,35)(H,32,33,36)/t15?,17-,18?/m1/s1. The van der Waals surface area contributed by atoms with Crippen LogP contribution in [0.1, 0.15) is 58.4 Å². The number of nitrogens with two attached hydrogens (primary N) is 1. The Hall–Kier alpha value is -4.10. The van der Waals surface area contributed by atoms with E-state index in [2.05, 4.69) is 20.6 Å². The van der Waals surface area contributed by atoms with Crippen LogP contribution in [0.15, 0.2) is 18.3 Å². The lowest BCUT2D eigenvalue weighted by Crippen LogP contribution is -2.46. The number of anilines is 3. The molecule has 3 aromatic rings. The summed E-state index contributed by atoms with van der Waals surface area (Å²) in [5, 5.41) is 5.98. The molecule has 14 heteroatoms. The van der Waals surface area contributed by atoms with Crippen molar-refractivity contribution in [1.29, 1.82) is 0 Å². The molecule has 2 aromatic heterocycles. The SMILES string of the molecule is CC(C)OC(=O)N1CCC[C@@H](Nc2ncc3nc(Nc4c(F)cc(F)cc4F)n(C4CCC(C(N)=O)CC4)c3n2)C1. The number of carbonyl (C=O) groups excluding carboxylic acids is 2. The topological polar surface area (TPSA) is 140 Å². The highest BCUT2D eigenvalue weighted by Gasteiger charge is 2.30. The lowest BCUT2D eigenvalue weighted by Gasteiger charge is -2.33. The van der Waals surface area contributed by atoms with E-state index in [1.54, 1.807) is 23.3 Å². The molecule has 2 aliphatic rings. The maximum atomic E-state index is 14.5. The first kappa shape index (κ1) is 28.4. The molecule has 11 nitrogen and oxygen atoms in total. The third-order valence-corrected chi connectivity index (χ3v) is 7.49. The summed E-state index contributed by atoms with van der Waals surface area (Å²) in [7, 11) is 0. The number of imidazole rings is 1. The van der Waals surface area contributed by atoms with Crippen LogP contribution in [0.3, 0.4) is 0 Å². The van der Waals surface area contributed by atoms with Crippen molar-refractivity contribution in [2.24, 2.45) is 11.7 Å². The number of halogens is 3. The molecule has 1 saturated carbocycles. The number of ether oxygens (including phenoxy) is 1. The molecule has 1 atom stereocenters. The van der Waals surface area contributed by atoms with Gasteiger partial charge in [-0.15, -0.1) is 0 Å². The number of primary amides is 1. The fourth-order valence-corrected chi connectivity index (χ4v) is 5.51. The number of fused-ring (bicyclic) bond motifs is 1. The van der Waals surface area contributed by atoms with Gasteiger partial charge in [0.15, 0.2) is 17.3 Å². The van der Waals surface area contributed by atoms with E-state index in [1.807, 2.05) is 0 Å². The van der Waals surface area contributed by atoms with E-state index in [0.29, 0.717) is 68.0 Å². The first-order valence-electron chi connectivity index (χ1n) is 13.8. The molecule has 0 radical (unpaired) electrons. The number of amides is 2. The predicted octanol–water partition coefficient (Wildman–Crippen LogP) is 4.63. The Labute approximate surface area is 234 Å². The first-order chi connectivity index (χ1) is 19.6. The minimum absolute atomic E-state index is 0.110. The van der Waals surface area contributed by atoms with Gasteiger partial charge >= 0.3 is 6.09 Å². The highest BCUT2D eigenvalue weighted by Crippen LogP contribution is 2.37. The number of carbonyl (C=O) groups is 2. The molecule has 5 rings (SSSR count). The second-order valence-electron chi connectivity index (χ2n) is 10.8. The van der Waals surface area contributed by atoms with Crippen LogP contribution in [-0.2, 0) is 9.53 Å². The number of nitrogens with zero attached hydrogens (tertiary/aromatic N) is 5. The van der Waals surface area contributed by atoms with Gasteiger partial charge in [-0.3, -0.25) is 9.36 Å². The summed E-state index contributed by atoms with van der Waals surface area (Å²) < 4.78 is 49.7. The number of likely N-dealkylation sites (tertiary alicyclic amines) is 1. The van der Waals surface area contributed by atoms with Gasteiger partial charge in [0.1, 0.15) is 17.0 Å². The van der Waals surface area contributed by atoms with E-state index in [4.69, 9.17) is 15.5 Å². The van der Waals surface area contributed by atoms with Crippen LogP contribution in [0.25, 0.3) is 11.2 Å². The molecule has 41 heavy (non-hydrogen) atoms. The summed E-state index contributed by atoms with van der Waals surface area (Å²) in [5.41, 5.74) is 5.77. The fourth-order valence-electron chi connectivity index (χ4n) is 5.51. The molecule has 220 valence electrons. The maximum absolute atomic E-state index is 14.5. The summed E-state index contributed by atoms with van der Waals surface area (Å²) >= 11 is 0. The van der Waals surface area contributed by atoms with Crippen LogP contribution in [0.2, 0.25) is 0 Å². The Morgan fingerprint density at radius 3 is 2.44 bits per heavy atom. The van der Waals surface area contributed by atoms with Gasteiger partial charge in [0.05, 0.1) is 12.3 Å². The van der Waals surface area contributed by atoms with E-state index in [1.165, 1.54) is 6.20 Å². The fraction of sp³-hybridized carbons (Fsp3) is 0.519. The molecule has 0 unspecified atom stereocenters. The minimum atomic E-state index is -1.11. The highest BCUT2D eigenvalue weighted by molar-refractivity contribution is 5.78. The lowest BCUT2D eigenvalue weighted by atomic mass is 9.85. The highest BCUT2D eigenvalue weighted by atomic mass is 19.1. The van der Waals surface area contributed by atoms with E-state index in [-0.39, 0.29) is 42.1 Å². The van der Waals surface area contributed by atoms with E-state index in [0.717, 1.165) is 12.8 Å². The Balaban J connectivity index is 1.45. The number of piperidine rings is 1. The van der Waals surface area contributed by atoms with Gasteiger partial charge in [0, 0.05) is 43.2 Å². The third kappa shape index (κ3) is 6.30. The second-order valence-corrected chi connectivity index (χ2v) is 10.8. The molecule has 1 aliphatic carbocycles. The Bertz CT molecular complexity index is 1420. The van der Waals surface area contributed by atoms with Crippen LogP contribution in [0.5, 0.6) is 0 Å². The van der Waals surface area contributed by atoms with E-state index >= 15 is 0 Å². The quantitative estimate of drug-likeness (QED) is 0.371.